The number of carbonyl (C=O) groups excluding carboxylic acids is 1. The third kappa shape index (κ3) is 1.95. The van der Waals surface area contributed by atoms with Crippen LogP contribution in [0.25, 0.3) is 0 Å². The number of hydrogen-bond acceptors (Lipinski definition) is 6. The van der Waals surface area contributed by atoms with Crippen LogP contribution in [0, 0.1) is 0 Å². The summed E-state index contributed by atoms with van der Waals surface area (Å²) in [6, 6.07) is 5.33. The first kappa shape index (κ1) is 10.5. The zero-order chi connectivity index (χ0) is 12.4. The number of rotatable bonds is 3. The van der Waals surface area contributed by atoms with Gasteiger partial charge in [-0.3, -0.25) is 4.79 Å². The van der Waals surface area contributed by atoms with Crippen LogP contribution in [0.4, 0.5) is 0 Å². The Morgan fingerprint density at radius 1 is 1.17 bits per heavy atom. The van der Waals surface area contributed by atoms with Crippen molar-refractivity contribution in [3.8, 4) is 23.3 Å². The summed E-state index contributed by atoms with van der Waals surface area (Å²) in [6.07, 6.45) is 3.45. The van der Waals surface area contributed by atoms with Crippen molar-refractivity contribution in [1.82, 2.24) is 9.97 Å². The van der Waals surface area contributed by atoms with E-state index in [1.807, 2.05) is 0 Å². The van der Waals surface area contributed by atoms with E-state index in [1.54, 1.807) is 18.2 Å². The third-order valence-electron chi connectivity index (χ3n) is 2.34. The van der Waals surface area contributed by atoms with Gasteiger partial charge in [-0.1, -0.05) is 0 Å². The van der Waals surface area contributed by atoms with Crippen LogP contribution in [-0.2, 0) is 0 Å². The number of aldehydes is 1. The van der Waals surface area contributed by atoms with E-state index >= 15 is 0 Å². The fraction of sp³-hybridized carbons (Fsp3) is 0.0833. The molecule has 0 bridgehead atoms. The molecule has 90 valence electrons. The van der Waals surface area contributed by atoms with E-state index in [9.17, 15) is 4.79 Å². The highest BCUT2D eigenvalue weighted by molar-refractivity contribution is 5.73. The second-order valence-electron chi connectivity index (χ2n) is 3.53. The van der Waals surface area contributed by atoms with Crippen LogP contribution < -0.4 is 14.2 Å². The van der Waals surface area contributed by atoms with E-state index in [0.717, 1.165) is 0 Å². The summed E-state index contributed by atoms with van der Waals surface area (Å²) < 4.78 is 15.8. The van der Waals surface area contributed by atoms with Crippen LogP contribution in [-0.4, -0.2) is 23.0 Å². The lowest BCUT2D eigenvalue weighted by Crippen LogP contribution is -1.93. The Balaban J connectivity index is 1.81. The van der Waals surface area contributed by atoms with Crippen molar-refractivity contribution >= 4 is 6.29 Å². The van der Waals surface area contributed by atoms with Crippen LogP contribution in [0.15, 0.2) is 30.6 Å². The molecule has 6 heteroatoms. The van der Waals surface area contributed by atoms with Crippen LogP contribution in [0.3, 0.4) is 0 Å². The highest BCUT2D eigenvalue weighted by atomic mass is 16.7. The van der Waals surface area contributed by atoms with Gasteiger partial charge < -0.3 is 14.2 Å². The molecule has 1 aromatic heterocycles. The average Bonchev–Trinajstić information content (AvgIpc) is 2.87. The second-order valence-corrected chi connectivity index (χ2v) is 3.53. The molecule has 1 aliphatic rings. The Morgan fingerprint density at radius 3 is 2.72 bits per heavy atom. The van der Waals surface area contributed by atoms with Gasteiger partial charge in [0.15, 0.2) is 17.8 Å². The van der Waals surface area contributed by atoms with Gasteiger partial charge in [0.05, 0.1) is 5.56 Å². The van der Waals surface area contributed by atoms with E-state index in [1.165, 1.54) is 12.4 Å². The number of ether oxygens (including phenoxy) is 3. The Labute approximate surface area is 102 Å². The lowest BCUT2D eigenvalue weighted by Gasteiger charge is -2.04. The van der Waals surface area contributed by atoms with Gasteiger partial charge in [0.25, 0.3) is 0 Å². The lowest BCUT2D eigenvalue weighted by atomic mass is 10.3. The molecule has 18 heavy (non-hydrogen) atoms. The molecule has 0 N–H and O–H groups in total. The van der Waals surface area contributed by atoms with E-state index < -0.39 is 0 Å². The molecule has 0 fully saturated rings. The number of aromatic nitrogens is 2. The predicted octanol–water partition coefficient (Wildman–Crippen LogP) is 1.81. The minimum absolute atomic E-state index is 0.166. The Morgan fingerprint density at radius 2 is 1.94 bits per heavy atom. The van der Waals surface area contributed by atoms with Gasteiger partial charge in [-0.05, 0) is 12.1 Å². The van der Waals surface area contributed by atoms with E-state index in [-0.39, 0.29) is 12.8 Å². The minimum atomic E-state index is 0.166. The number of carbonyl (C=O) groups is 1. The molecule has 0 saturated carbocycles. The molecule has 0 unspecified atom stereocenters. The molecule has 3 rings (SSSR count). The average molecular weight is 244 g/mol. The Bertz CT molecular complexity index is 583. The van der Waals surface area contributed by atoms with Gasteiger partial charge in [0.2, 0.25) is 6.79 Å². The molecule has 0 atom stereocenters. The molecule has 1 aliphatic heterocycles. The van der Waals surface area contributed by atoms with Crippen LogP contribution >= 0.6 is 0 Å². The summed E-state index contributed by atoms with van der Waals surface area (Å²) in [5, 5.41) is 0. The molecule has 0 radical (unpaired) electrons. The number of fused-ring (bicyclic) bond motifs is 1. The summed E-state index contributed by atoms with van der Waals surface area (Å²) in [7, 11) is 0. The van der Waals surface area contributed by atoms with Crippen molar-refractivity contribution in [2.24, 2.45) is 0 Å². The smallest absolute Gasteiger partial charge is 0.321 e. The monoisotopic (exact) mass is 244 g/mol. The normalized spacial score (nSPS) is 12.2. The largest absolute Gasteiger partial charge is 0.454 e. The van der Waals surface area contributed by atoms with Gasteiger partial charge in [0.1, 0.15) is 5.75 Å². The molecule has 0 amide bonds. The van der Waals surface area contributed by atoms with Crippen molar-refractivity contribution in [1.29, 1.82) is 0 Å². The summed E-state index contributed by atoms with van der Waals surface area (Å²) in [4.78, 5) is 18.3. The second kappa shape index (κ2) is 4.33. The van der Waals surface area contributed by atoms with E-state index in [4.69, 9.17) is 14.2 Å². The van der Waals surface area contributed by atoms with Gasteiger partial charge in [-0.15, -0.1) is 0 Å². The summed E-state index contributed by atoms with van der Waals surface area (Å²) in [5.74, 6) is 1.84. The first-order valence-corrected chi connectivity index (χ1v) is 5.20. The van der Waals surface area contributed by atoms with Crippen LogP contribution in [0.1, 0.15) is 10.4 Å². The summed E-state index contributed by atoms with van der Waals surface area (Å²) in [6.45, 7) is 0.212. The number of nitrogens with zero attached hydrogens (tertiary/aromatic N) is 2. The van der Waals surface area contributed by atoms with E-state index in [0.29, 0.717) is 29.1 Å². The quantitative estimate of drug-likeness (QED) is 0.767. The molecule has 6 nitrogen and oxygen atoms in total. The van der Waals surface area contributed by atoms with Crippen LogP contribution in [0.2, 0.25) is 0 Å². The summed E-state index contributed by atoms with van der Waals surface area (Å²) in [5.41, 5.74) is 0.396. The standard InChI is InChI=1S/C12H8N2O4/c15-6-8-4-13-12(14-5-8)18-9-1-2-10-11(3-9)17-7-16-10/h1-6H,7H2. The zero-order valence-corrected chi connectivity index (χ0v) is 9.20. The fourth-order valence-corrected chi connectivity index (χ4v) is 1.49. The third-order valence-corrected chi connectivity index (χ3v) is 2.34. The molecule has 0 saturated heterocycles. The van der Waals surface area contributed by atoms with Gasteiger partial charge in [-0.2, -0.15) is 0 Å². The van der Waals surface area contributed by atoms with Gasteiger partial charge >= 0.3 is 6.01 Å². The van der Waals surface area contributed by atoms with Crippen molar-refractivity contribution < 1.29 is 19.0 Å². The highest BCUT2D eigenvalue weighted by Gasteiger charge is 2.14. The maximum atomic E-state index is 10.5. The van der Waals surface area contributed by atoms with Crippen molar-refractivity contribution in [2.75, 3.05) is 6.79 Å². The minimum Gasteiger partial charge on any atom is -0.454 e. The maximum absolute atomic E-state index is 10.5. The molecular weight excluding hydrogens is 236 g/mol. The summed E-state index contributed by atoms with van der Waals surface area (Å²) >= 11 is 0. The number of benzene rings is 1. The SMILES string of the molecule is O=Cc1cnc(Oc2ccc3c(c2)OCO3)nc1. The Kier molecular flexibility index (Phi) is 2.53. The molecular formula is C12H8N2O4. The molecule has 2 heterocycles. The van der Waals surface area contributed by atoms with E-state index in [2.05, 4.69) is 9.97 Å². The fourth-order valence-electron chi connectivity index (χ4n) is 1.49. The molecule has 2 aromatic rings. The van der Waals surface area contributed by atoms with Gasteiger partial charge in [0, 0.05) is 18.5 Å². The molecule has 0 aliphatic carbocycles. The predicted molar refractivity (Wildman–Crippen MR) is 60.1 cm³/mol. The first-order valence-electron chi connectivity index (χ1n) is 5.20. The number of hydrogen-bond donors (Lipinski definition) is 0. The Hall–Kier alpha value is -2.63. The molecule has 1 aromatic carbocycles. The van der Waals surface area contributed by atoms with Crippen molar-refractivity contribution in [3.05, 3.63) is 36.2 Å². The topological polar surface area (TPSA) is 70.5 Å². The van der Waals surface area contributed by atoms with Crippen molar-refractivity contribution in [2.45, 2.75) is 0 Å². The lowest BCUT2D eigenvalue weighted by molar-refractivity contribution is 0.112. The van der Waals surface area contributed by atoms with Gasteiger partial charge in [-0.25, -0.2) is 9.97 Å². The van der Waals surface area contributed by atoms with Crippen molar-refractivity contribution in [3.63, 3.8) is 0 Å². The first-order chi connectivity index (χ1) is 8.85. The zero-order valence-electron chi connectivity index (χ0n) is 9.20. The molecule has 0 spiro atoms. The highest BCUT2D eigenvalue weighted by Crippen LogP contribution is 2.35. The van der Waals surface area contributed by atoms with Crippen LogP contribution in [0.5, 0.6) is 23.3 Å². The maximum Gasteiger partial charge on any atom is 0.321 e.